The number of hydrogen-bond acceptors (Lipinski definition) is 3. The number of halogens is 3. The van der Waals surface area contributed by atoms with Crippen molar-refractivity contribution in [3.8, 4) is 5.75 Å². The maximum atomic E-state index is 14.3. The first-order valence-electron chi connectivity index (χ1n) is 8.80. The fourth-order valence-corrected chi connectivity index (χ4v) is 4.82. The van der Waals surface area contributed by atoms with E-state index in [0.29, 0.717) is 25.0 Å². The first-order chi connectivity index (χ1) is 11.9. The molecule has 1 fully saturated rings. The summed E-state index contributed by atoms with van der Waals surface area (Å²) in [5.74, 6) is -1.73. The molecule has 0 heterocycles. The van der Waals surface area contributed by atoms with Gasteiger partial charge in [0.05, 0.1) is 13.2 Å². The van der Waals surface area contributed by atoms with E-state index < -0.39 is 18.4 Å². The Labute approximate surface area is 171 Å². The van der Waals surface area contributed by atoms with E-state index in [9.17, 15) is 13.3 Å². The van der Waals surface area contributed by atoms with Gasteiger partial charge in [0.2, 0.25) is 5.82 Å². The van der Waals surface area contributed by atoms with E-state index >= 15 is 0 Å². The number of benzene rings is 1. The summed E-state index contributed by atoms with van der Waals surface area (Å²) < 4.78 is 50.6. The second-order valence-corrected chi connectivity index (χ2v) is 9.64. The van der Waals surface area contributed by atoms with Gasteiger partial charge in [0.1, 0.15) is 0 Å². The second kappa shape index (κ2) is 11.7. The molecule has 0 N–H and O–H groups in total. The molecule has 0 bridgehead atoms. The molecule has 1 atom stereocenters. The molecule has 26 heavy (non-hydrogen) atoms. The number of ether oxygens (including phenoxy) is 1. The molecule has 1 aromatic rings. The Morgan fingerprint density at radius 2 is 1.92 bits per heavy atom. The summed E-state index contributed by atoms with van der Waals surface area (Å²) in [6.07, 6.45) is 7.08. The predicted octanol–water partition coefficient (Wildman–Crippen LogP) is 3.46. The van der Waals surface area contributed by atoms with Crippen LogP contribution in [-0.2, 0) is 9.09 Å². The minimum absolute atomic E-state index is 0. The van der Waals surface area contributed by atoms with Crippen molar-refractivity contribution in [1.29, 1.82) is 0 Å². The zero-order valence-electron chi connectivity index (χ0n) is 15.5. The smallest absolute Gasteiger partial charge is 0.490 e. The van der Waals surface area contributed by atoms with Crippen molar-refractivity contribution >= 4 is 18.0 Å². The van der Waals surface area contributed by atoms with E-state index in [1.165, 1.54) is 6.07 Å². The maximum Gasteiger partial charge on any atom is 1.00 e. The predicted molar refractivity (Wildman–Crippen MR) is 96.5 cm³/mol. The van der Waals surface area contributed by atoms with Crippen LogP contribution < -0.4 is 23.6 Å². The van der Waals surface area contributed by atoms with Crippen LogP contribution in [0.25, 0.3) is 0 Å². The quantitative estimate of drug-likeness (QED) is 0.276. The van der Waals surface area contributed by atoms with Crippen molar-refractivity contribution in [2.75, 3.05) is 19.4 Å². The van der Waals surface area contributed by atoms with Crippen molar-refractivity contribution in [3.63, 3.8) is 0 Å². The minimum Gasteiger partial charge on any atom is -0.490 e. The zero-order chi connectivity index (χ0) is 18.3. The largest absolute Gasteiger partial charge is 1.00 e. The fourth-order valence-electron chi connectivity index (χ4n) is 3.05. The molecule has 1 unspecified atom stereocenters. The van der Waals surface area contributed by atoms with Gasteiger partial charge < -0.3 is 15.7 Å². The molecule has 0 saturated heterocycles. The molecule has 142 valence electrons. The first kappa shape index (κ1) is 24.0. The third-order valence-electron chi connectivity index (χ3n) is 4.35. The minimum atomic E-state index is -3.06. The van der Waals surface area contributed by atoms with Crippen molar-refractivity contribution in [1.82, 2.24) is 0 Å². The summed E-state index contributed by atoms with van der Waals surface area (Å²) in [4.78, 5) is 0. The Balaban J connectivity index is 0.00000338. The SMILES string of the molecule is CCOP(=O)(Cl)CCCCOc1ccc(C2CC[CH-]CC2)c(F)c1F.[Li+]. The van der Waals surface area contributed by atoms with Gasteiger partial charge >= 0.3 is 18.9 Å². The summed E-state index contributed by atoms with van der Waals surface area (Å²) in [5, 5.41) is 0. The normalized spacial score (nSPS) is 17.4. The second-order valence-electron chi connectivity index (χ2n) is 6.21. The van der Waals surface area contributed by atoms with Gasteiger partial charge in [0, 0.05) is 6.16 Å². The van der Waals surface area contributed by atoms with Crippen LogP contribution in [0.2, 0.25) is 0 Å². The maximum absolute atomic E-state index is 14.3. The summed E-state index contributed by atoms with van der Waals surface area (Å²) in [5.41, 5.74) is 0.442. The van der Waals surface area contributed by atoms with Crippen LogP contribution in [0.5, 0.6) is 5.75 Å². The van der Waals surface area contributed by atoms with Gasteiger partial charge in [-0.1, -0.05) is 18.9 Å². The molecule has 1 aliphatic rings. The van der Waals surface area contributed by atoms with Crippen LogP contribution in [0.3, 0.4) is 0 Å². The van der Waals surface area contributed by atoms with Gasteiger partial charge in [-0.05, 0) is 48.6 Å². The average Bonchev–Trinajstić information content (AvgIpc) is 2.59. The molecular formula is C18H25ClF2LiO3P. The Bertz CT molecular complexity index is 612. The standard InChI is InChI=1S/C18H25ClF2O3P.Li/c1-2-24-25(19,22)13-7-6-12-23-16-11-10-15(17(20)18(16)21)14-8-4-3-5-9-14;/h3,10-11,14H,2,4-9,12-13H2,1H3;/q-1;+1. The van der Waals surface area contributed by atoms with Gasteiger partial charge in [-0.3, -0.25) is 4.57 Å². The summed E-state index contributed by atoms with van der Waals surface area (Å²) in [6.45, 7) is -0.833. The summed E-state index contributed by atoms with van der Waals surface area (Å²) in [7, 11) is 0. The molecule has 2 rings (SSSR count). The zero-order valence-corrected chi connectivity index (χ0v) is 17.1. The average molecular weight is 401 g/mol. The van der Waals surface area contributed by atoms with E-state index in [2.05, 4.69) is 6.42 Å². The van der Waals surface area contributed by atoms with E-state index in [0.717, 1.165) is 25.7 Å². The summed E-state index contributed by atoms with van der Waals surface area (Å²) in [6, 6.07) is 3.13. The number of hydrogen-bond donors (Lipinski definition) is 0. The molecule has 0 spiro atoms. The number of unbranched alkanes of at least 4 members (excludes halogenated alkanes) is 1. The van der Waals surface area contributed by atoms with Gasteiger partial charge in [0.15, 0.2) is 11.6 Å². The van der Waals surface area contributed by atoms with Gasteiger partial charge in [-0.15, -0.1) is 0 Å². The molecule has 0 amide bonds. The van der Waals surface area contributed by atoms with Crippen LogP contribution in [0.15, 0.2) is 12.1 Å². The van der Waals surface area contributed by atoms with Crippen LogP contribution in [0, 0.1) is 18.1 Å². The topological polar surface area (TPSA) is 35.5 Å². The van der Waals surface area contributed by atoms with Gasteiger partial charge in [-0.2, -0.15) is 17.2 Å². The molecule has 0 aromatic heterocycles. The third-order valence-corrected chi connectivity index (χ3v) is 6.65. The Morgan fingerprint density at radius 3 is 2.58 bits per heavy atom. The van der Waals surface area contributed by atoms with Crippen molar-refractivity contribution in [2.45, 2.75) is 51.4 Å². The van der Waals surface area contributed by atoms with Crippen LogP contribution in [0.1, 0.15) is 56.9 Å². The Morgan fingerprint density at radius 1 is 1.23 bits per heavy atom. The molecule has 1 aromatic carbocycles. The molecule has 3 nitrogen and oxygen atoms in total. The van der Waals surface area contributed by atoms with Crippen molar-refractivity contribution in [2.24, 2.45) is 0 Å². The molecule has 1 saturated carbocycles. The molecule has 0 aliphatic heterocycles. The number of rotatable bonds is 9. The summed E-state index contributed by atoms with van der Waals surface area (Å²) >= 11 is 5.75. The van der Waals surface area contributed by atoms with Crippen LogP contribution in [-0.4, -0.2) is 19.4 Å². The van der Waals surface area contributed by atoms with Crippen molar-refractivity contribution < 1.29 is 41.5 Å². The van der Waals surface area contributed by atoms with Crippen LogP contribution in [0.4, 0.5) is 8.78 Å². The monoisotopic (exact) mass is 400 g/mol. The van der Waals surface area contributed by atoms with E-state index in [1.807, 2.05) is 0 Å². The van der Waals surface area contributed by atoms with Crippen molar-refractivity contribution in [3.05, 3.63) is 35.8 Å². The first-order valence-corrected chi connectivity index (χ1v) is 11.5. The van der Waals surface area contributed by atoms with Gasteiger partial charge in [-0.25, -0.2) is 4.39 Å². The van der Waals surface area contributed by atoms with Gasteiger partial charge in [0.25, 0.3) is 6.72 Å². The molecular weight excluding hydrogens is 376 g/mol. The molecule has 1 aliphatic carbocycles. The van der Waals surface area contributed by atoms with Crippen LogP contribution >= 0.6 is 18.0 Å². The third kappa shape index (κ3) is 7.17. The Hall–Kier alpha value is -0.0426. The van der Waals surface area contributed by atoms with E-state index in [4.69, 9.17) is 20.5 Å². The fraction of sp³-hybridized carbons (Fsp3) is 0.611. The van der Waals surface area contributed by atoms with E-state index in [1.54, 1.807) is 13.0 Å². The molecule has 8 heteroatoms. The molecule has 0 radical (unpaired) electrons. The van der Waals surface area contributed by atoms with E-state index in [-0.39, 0.29) is 43.3 Å². The Kier molecular flexibility index (Phi) is 10.8.